The molecule has 8 heteroatoms. The molecule has 1 fully saturated rings. The Bertz CT molecular complexity index is 817. The molecule has 0 saturated carbocycles. The molecule has 2 aromatic rings. The maximum absolute atomic E-state index is 12.2. The molecule has 1 aliphatic heterocycles. The number of carbonyl (C=O) groups is 3. The third-order valence-corrected chi connectivity index (χ3v) is 4.62. The van der Waals surface area contributed by atoms with E-state index in [4.69, 9.17) is 0 Å². The summed E-state index contributed by atoms with van der Waals surface area (Å²) in [7, 11) is 0. The summed E-state index contributed by atoms with van der Waals surface area (Å²) in [5.41, 5.74) is 2.24. The molecule has 1 aliphatic rings. The molecular formula is C15H14N4O3S. The number of amides is 4. The number of aromatic nitrogens is 1. The highest BCUT2D eigenvalue weighted by Gasteiger charge is 2.43. The zero-order valence-corrected chi connectivity index (χ0v) is 13.3. The molecule has 1 saturated heterocycles. The van der Waals surface area contributed by atoms with E-state index in [2.05, 4.69) is 20.9 Å². The molecule has 1 aromatic carbocycles. The molecule has 3 N–H and O–H groups in total. The van der Waals surface area contributed by atoms with Crippen LogP contribution in [0, 0.1) is 6.92 Å². The quantitative estimate of drug-likeness (QED) is 0.747. The van der Waals surface area contributed by atoms with Gasteiger partial charge in [-0.25, -0.2) is 9.78 Å². The second-order valence-corrected chi connectivity index (χ2v) is 6.19. The molecule has 1 atom stereocenters. The summed E-state index contributed by atoms with van der Waals surface area (Å²) < 4.78 is 0. The van der Waals surface area contributed by atoms with Crippen molar-refractivity contribution in [3.05, 3.63) is 45.9 Å². The van der Waals surface area contributed by atoms with Crippen LogP contribution in [0.4, 0.5) is 10.5 Å². The summed E-state index contributed by atoms with van der Waals surface area (Å²) in [6.45, 7) is 3.38. The van der Waals surface area contributed by atoms with E-state index in [1.165, 1.54) is 11.3 Å². The van der Waals surface area contributed by atoms with Crippen LogP contribution in [0.25, 0.3) is 0 Å². The third-order valence-electron chi connectivity index (χ3n) is 3.69. The number of imide groups is 1. The van der Waals surface area contributed by atoms with Crippen molar-refractivity contribution in [3.8, 4) is 0 Å². The van der Waals surface area contributed by atoms with Gasteiger partial charge in [0.2, 0.25) is 0 Å². The Hall–Kier alpha value is -2.74. The smallest absolute Gasteiger partial charge is 0.321 e. The molecule has 3 rings (SSSR count). The van der Waals surface area contributed by atoms with Gasteiger partial charge < -0.3 is 10.6 Å². The zero-order valence-electron chi connectivity index (χ0n) is 12.5. The van der Waals surface area contributed by atoms with Gasteiger partial charge in [-0.1, -0.05) is 12.1 Å². The van der Waals surface area contributed by atoms with Gasteiger partial charge in [0.25, 0.3) is 11.8 Å². The lowest BCUT2D eigenvalue weighted by Gasteiger charge is -2.21. The number of anilines is 1. The van der Waals surface area contributed by atoms with Gasteiger partial charge >= 0.3 is 6.03 Å². The Morgan fingerprint density at radius 1 is 1.35 bits per heavy atom. The van der Waals surface area contributed by atoms with Crippen LogP contribution in [0.1, 0.15) is 27.9 Å². The largest absolute Gasteiger partial charge is 0.322 e. The van der Waals surface area contributed by atoms with E-state index in [0.29, 0.717) is 21.8 Å². The highest BCUT2D eigenvalue weighted by molar-refractivity contribution is 7.12. The summed E-state index contributed by atoms with van der Waals surface area (Å²) in [6, 6.07) is 6.29. The third kappa shape index (κ3) is 2.68. The lowest BCUT2D eigenvalue weighted by Crippen LogP contribution is -2.40. The predicted octanol–water partition coefficient (Wildman–Crippen LogP) is 1.76. The molecule has 2 heterocycles. The van der Waals surface area contributed by atoms with Gasteiger partial charge in [-0.2, -0.15) is 0 Å². The fourth-order valence-corrected chi connectivity index (χ4v) is 3.06. The lowest BCUT2D eigenvalue weighted by atomic mass is 9.92. The Morgan fingerprint density at radius 3 is 2.74 bits per heavy atom. The van der Waals surface area contributed by atoms with Crippen molar-refractivity contribution in [1.29, 1.82) is 0 Å². The van der Waals surface area contributed by atoms with E-state index >= 15 is 0 Å². The molecule has 0 aliphatic carbocycles. The molecule has 0 bridgehead atoms. The van der Waals surface area contributed by atoms with E-state index in [1.54, 1.807) is 43.6 Å². The average molecular weight is 330 g/mol. The molecule has 0 radical (unpaired) electrons. The second kappa shape index (κ2) is 5.47. The second-order valence-electron chi connectivity index (χ2n) is 5.34. The Kier molecular flexibility index (Phi) is 3.61. The van der Waals surface area contributed by atoms with E-state index < -0.39 is 17.5 Å². The number of hydrogen-bond donors (Lipinski definition) is 3. The standard InChI is InChI=1S/C15H14N4O3S/c1-8-11(23-7-16-8)12(20)17-10-5-3-4-9(6-10)15(2)13(21)18-14(22)19-15/h3-7H,1-2H3,(H,17,20)(H2,18,19,21,22). The zero-order chi connectivity index (χ0) is 16.6. The Balaban J connectivity index is 1.86. The summed E-state index contributed by atoms with van der Waals surface area (Å²) in [4.78, 5) is 40.2. The average Bonchev–Trinajstić information content (AvgIpc) is 3.03. The highest BCUT2D eigenvalue weighted by Crippen LogP contribution is 2.27. The Labute approximate surface area is 136 Å². The molecular weight excluding hydrogens is 316 g/mol. The van der Waals surface area contributed by atoms with Gasteiger partial charge in [-0.15, -0.1) is 11.3 Å². The summed E-state index contributed by atoms with van der Waals surface area (Å²) in [5.74, 6) is -0.684. The number of aryl methyl sites for hydroxylation is 1. The van der Waals surface area contributed by atoms with Crippen molar-refractivity contribution >= 4 is 34.9 Å². The van der Waals surface area contributed by atoms with Crippen molar-refractivity contribution in [2.75, 3.05) is 5.32 Å². The van der Waals surface area contributed by atoms with Crippen LogP contribution in [0.5, 0.6) is 0 Å². The van der Waals surface area contributed by atoms with Gasteiger partial charge in [0, 0.05) is 5.69 Å². The number of nitrogens with zero attached hydrogens (tertiary/aromatic N) is 1. The van der Waals surface area contributed by atoms with Crippen LogP contribution in [0.15, 0.2) is 29.8 Å². The van der Waals surface area contributed by atoms with Crippen LogP contribution in [0.3, 0.4) is 0 Å². The van der Waals surface area contributed by atoms with Crippen molar-refractivity contribution in [1.82, 2.24) is 15.6 Å². The van der Waals surface area contributed by atoms with E-state index in [9.17, 15) is 14.4 Å². The number of nitrogens with one attached hydrogen (secondary N) is 3. The molecule has 0 spiro atoms. The first-order valence-electron chi connectivity index (χ1n) is 6.86. The normalized spacial score (nSPS) is 20.1. The van der Waals surface area contributed by atoms with Crippen LogP contribution < -0.4 is 16.0 Å². The fraction of sp³-hybridized carbons (Fsp3) is 0.200. The SMILES string of the molecule is Cc1ncsc1C(=O)Nc1cccc(C2(C)NC(=O)NC2=O)c1. The maximum Gasteiger partial charge on any atom is 0.322 e. The molecule has 1 unspecified atom stereocenters. The number of carbonyl (C=O) groups excluding carboxylic acids is 3. The topological polar surface area (TPSA) is 100 Å². The number of hydrogen-bond acceptors (Lipinski definition) is 5. The molecule has 118 valence electrons. The van der Waals surface area contributed by atoms with Crippen LogP contribution in [0.2, 0.25) is 0 Å². The summed E-state index contributed by atoms with van der Waals surface area (Å²) in [5, 5.41) is 7.59. The van der Waals surface area contributed by atoms with Gasteiger partial charge in [0.1, 0.15) is 10.4 Å². The lowest BCUT2D eigenvalue weighted by molar-refractivity contribution is -0.123. The monoisotopic (exact) mass is 330 g/mol. The molecule has 1 aromatic heterocycles. The molecule has 7 nitrogen and oxygen atoms in total. The minimum Gasteiger partial charge on any atom is -0.321 e. The minimum atomic E-state index is -1.15. The first kappa shape index (κ1) is 15.2. The van der Waals surface area contributed by atoms with Gasteiger partial charge in [-0.05, 0) is 31.5 Å². The van der Waals surface area contributed by atoms with Crippen LogP contribution in [-0.4, -0.2) is 22.8 Å². The maximum atomic E-state index is 12.2. The molecule has 4 amide bonds. The van der Waals surface area contributed by atoms with Gasteiger partial charge in [0.05, 0.1) is 11.2 Å². The van der Waals surface area contributed by atoms with Gasteiger partial charge in [-0.3, -0.25) is 14.9 Å². The first-order chi connectivity index (χ1) is 10.9. The Morgan fingerprint density at radius 2 is 2.13 bits per heavy atom. The fourth-order valence-electron chi connectivity index (χ4n) is 2.36. The van der Waals surface area contributed by atoms with Crippen LogP contribution in [-0.2, 0) is 10.3 Å². The van der Waals surface area contributed by atoms with Crippen molar-refractivity contribution in [2.24, 2.45) is 0 Å². The van der Waals surface area contributed by atoms with E-state index in [1.807, 2.05) is 0 Å². The van der Waals surface area contributed by atoms with Crippen molar-refractivity contribution in [3.63, 3.8) is 0 Å². The molecule has 23 heavy (non-hydrogen) atoms. The van der Waals surface area contributed by atoms with Gasteiger partial charge in [0.15, 0.2) is 0 Å². The summed E-state index contributed by atoms with van der Waals surface area (Å²) in [6.07, 6.45) is 0. The summed E-state index contributed by atoms with van der Waals surface area (Å²) >= 11 is 1.26. The van der Waals surface area contributed by atoms with Crippen molar-refractivity contribution in [2.45, 2.75) is 19.4 Å². The minimum absolute atomic E-state index is 0.257. The van der Waals surface area contributed by atoms with E-state index in [0.717, 1.165) is 0 Å². The van der Waals surface area contributed by atoms with Crippen LogP contribution >= 0.6 is 11.3 Å². The first-order valence-corrected chi connectivity index (χ1v) is 7.74. The number of thiazole rings is 1. The number of rotatable bonds is 3. The predicted molar refractivity (Wildman–Crippen MR) is 85.3 cm³/mol. The number of benzene rings is 1. The van der Waals surface area contributed by atoms with E-state index in [-0.39, 0.29) is 5.91 Å². The van der Waals surface area contributed by atoms with Crippen molar-refractivity contribution < 1.29 is 14.4 Å². The highest BCUT2D eigenvalue weighted by atomic mass is 32.1. The number of urea groups is 1.